The molecular formula is C38H50N4O8S. The summed E-state index contributed by atoms with van der Waals surface area (Å²) in [5, 5.41) is 28.8. The van der Waals surface area contributed by atoms with E-state index in [4.69, 9.17) is 5.11 Å². The first kappa shape index (κ1) is 40.7. The van der Waals surface area contributed by atoms with Gasteiger partial charge in [-0.1, -0.05) is 83.1 Å². The number of hydrogen-bond donors (Lipinski definition) is 5. The molecule has 0 unspecified atom stereocenters. The van der Waals surface area contributed by atoms with Gasteiger partial charge in [0.1, 0.15) is 6.04 Å². The molecule has 0 aliphatic carbocycles. The van der Waals surface area contributed by atoms with Gasteiger partial charge in [0.05, 0.1) is 29.1 Å². The lowest BCUT2D eigenvalue weighted by Gasteiger charge is -2.29. The van der Waals surface area contributed by atoms with E-state index in [2.05, 4.69) is 16.0 Å². The highest BCUT2D eigenvalue weighted by Gasteiger charge is 2.30. The van der Waals surface area contributed by atoms with Crippen LogP contribution in [0.5, 0.6) is 0 Å². The summed E-state index contributed by atoms with van der Waals surface area (Å²) in [5.74, 6) is -3.47. The van der Waals surface area contributed by atoms with Crippen LogP contribution in [-0.2, 0) is 31.9 Å². The third-order valence-corrected chi connectivity index (χ3v) is 10.3. The smallest absolute Gasteiger partial charge is 0.335 e. The number of anilines is 1. The van der Waals surface area contributed by atoms with E-state index in [1.807, 2.05) is 19.9 Å². The van der Waals surface area contributed by atoms with Gasteiger partial charge in [-0.25, -0.2) is 13.2 Å². The molecule has 12 nitrogen and oxygen atoms in total. The number of nitrogens with one attached hydrogen (secondary N) is 3. The first-order valence-electron chi connectivity index (χ1n) is 17.0. The normalized spacial score (nSPS) is 13.9. The number of hydrogen-bond acceptors (Lipinski definition) is 7. The molecule has 0 radical (unpaired) electrons. The summed E-state index contributed by atoms with van der Waals surface area (Å²) in [6, 6.07) is 19.6. The Kier molecular flexibility index (Phi) is 14.7. The Hall–Kier alpha value is -4.75. The molecule has 3 amide bonds. The summed E-state index contributed by atoms with van der Waals surface area (Å²) >= 11 is 0. The number of aromatic carboxylic acids is 1. The zero-order chi connectivity index (χ0) is 37.9. The first-order valence-corrected chi connectivity index (χ1v) is 18.6. The first-order chi connectivity index (χ1) is 24.0. The number of aliphatic hydroxyl groups is 1. The summed E-state index contributed by atoms with van der Waals surface area (Å²) in [6.45, 7) is 9.27. The number of carbonyl (C=O) groups excluding carboxylic acids is 3. The summed E-state index contributed by atoms with van der Waals surface area (Å²) in [5.41, 5.74) is 1.99. The number of carboxylic acid groups (broad SMARTS) is 1. The van der Waals surface area contributed by atoms with Crippen LogP contribution in [0.25, 0.3) is 0 Å². The maximum atomic E-state index is 13.4. The van der Waals surface area contributed by atoms with Crippen LogP contribution in [0.15, 0.2) is 78.9 Å². The number of benzene rings is 3. The van der Waals surface area contributed by atoms with Crippen LogP contribution in [0.2, 0.25) is 0 Å². The SMILES string of the molecule is CC(C)C[C@H](NC(=O)c1cccc(N(C)S(=O)(=O)Cc2ccccc2)c1)[C@@H](O)C[C@@H](C)C(=O)N[C@H](C(=O)NCc1ccc(C(=O)O)cc1)C(C)C. The molecule has 3 aromatic carbocycles. The van der Waals surface area contributed by atoms with Gasteiger partial charge in [-0.3, -0.25) is 18.7 Å². The maximum Gasteiger partial charge on any atom is 0.335 e. The molecule has 0 heterocycles. The van der Waals surface area contributed by atoms with Crippen molar-refractivity contribution >= 4 is 39.4 Å². The number of aliphatic hydroxyl groups excluding tert-OH is 1. The second-order valence-corrected chi connectivity index (χ2v) is 15.6. The molecule has 51 heavy (non-hydrogen) atoms. The van der Waals surface area contributed by atoms with E-state index in [0.717, 1.165) is 4.31 Å². The summed E-state index contributed by atoms with van der Waals surface area (Å²) in [4.78, 5) is 50.8. The van der Waals surface area contributed by atoms with E-state index in [9.17, 15) is 32.7 Å². The zero-order valence-electron chi connectivity index (χ0n) is 30.0. The quantitative estimate of drug-likeness (QED) is 0.129. The highest BCUT2D eigenvalue weighted by Crippen LogP contribution is 2.22. The minimum Gasteiger partial charge on any atom is -0.478 e. The fourth-order valence-electron chi connectivity index (χ4n) is 5.49. The average Bonchev–Trinajstić information content (AvgIpc) is 3.08. The van der Waals surface area contributed by atoms with Crippen molar-refractivity contribution in [1.29, 1.82) is 0 Å². The summed E-state index contributed by atoms with van der Waals surface area (Å²) in [6.07, 6.45) is -0.683. The number of rotatable bonds is 18. The van der Waals surface area contributed by atoms with Crippen LogP contribution in [0.4, 0.5) is 5.69 Å². The summed E-state index contributed by atoms with van der Waals surface area (Å²) in [7, 11) is -2.31. The Morgan fingerprint density at radius 3 is 2.00 bits per heavy atom. The third kappa shape index (κ3) is 12.2. The molecule has 0 saturated heterocycles. The van der Waals surface area contributed by atoms with Crippen molar-refractivity contribution in [3.8, 4) is 0 Å². The van der Waals surface area contributed by atoms with Crippen LogP contribution in [-0.4, -0.2) is 67.6 Å². The van der Waals surface area contributed by atoms with Gasteiger partial charge in [-0.15, -0.1) is 0 Å². The molecule has 0 aromatic heterocycles. The molecule has 0 fully saturated rings. The van der Waals surface area contributed by atoms with Crippen molar-refractivity contribution in [1.82, 2.24) is 16.0 Å². The molecule has 0 aliphatic rings. The Morgan fingerprint density at radius 1 is 0.765 bits per heavy atom. The number of carbonyl (C=O) groups is 4. The van der Waals surface area contributed by atoms with Crippen LogP contribution in [0.1, 0.15) is 79.3 Å². The molecule has 3 rings (SSSR count). The van der Waals surface area contributed by atoms with Gasteiger partial charge in [0.25, 0.3) is 5.91 Å². The highest BCUT2D eigenvalue weighted by molar-refractivity contribution is 7.92. The van der Waals surface area contributed by atoms with Crippen LogP contribution in [0.3, 0.4) is 0 Å². The van der Waals surface area contributed by atoms with Gasteiger partial charge < -0.3 is 26.2 Å². The Balaban J connectivity index is 1.64. The van der Waals surface area contributed by atoms with Crippen molar-refractivity contribution in [2.24, 2.45) is 17.8 Å². The van der Waals surface area contributed by atoms with Crippen molar-refractivity contribution in [3.05, 3.63) is 101 Å². The lowest BCUT2D eigenvalue weighted by atomic mass is 9.91. The molecule has 0 saturated carbocycles. The molecule has 4 atom stereocenters. The zero-order valence-corrected chi connectivity index (χ0v) is 30.8. The van der Waals surface area contributed by atoms with E-state index in [1.165, 1.54) is 25.2 Å². The fraction of sp³-hybridized carbons (Fsp3) is 0.421. The predicted molar refractivity (Wildman–Crippen MR) is 196 cm³/mol. The lowest BCUT2D eigenvalue weighted by Crippen LogP contribution is -2.51. The van der Waals surface area contributed by atoms with E-state index in [1.54, 1.807) is 75.4 Å². The predicted octanol–water partition coefficient (Wildman–Crippen LogP) is 4.34. The molecule has 0 spiro atoms. The Morgan fingerprint density at radius 2 is 1.41 bits per heavy atom. The van der Waals surface area contributed by atoms with Gasteiger partial charge in [0.15, 0.2) is 0 Å². The van der Waals surface area contributed by atoms with Gasteiger partial charge in [0.2, 0.25) is 21.8 Å². The molecule has 3 aromatic rings. The standard InChI is InChI=1S/C38H50N4O8S/c1-24(2)19-32(40-36(45)30-13-10-14-31(21-30)42(6)51(49,50)23-28-11-8-7-9-12-28)33(43)20-26(5)35(44)41-34(25(3)4)37(46)39-22-27-15-17-29(18-16-27)38(47)48/h7-18,21,24-26,32-34,43H,19-20,22-23H2,1-6H3,(H,39,46)(H,40,45)(H,41,44)(H,47,48)/t26-,32+,33+,34+/m1/s1. The van der Waals surface area contributed by atoms with Gasteiger partial charge in [-0.2, -0.15) is 0 Å². The molecule has 276 valence electrons. The van der Waals surface area contributed by atoms with E-state index in [-0.39, 0.29) is 41.7 Å². The Labute approximate surface area is 300 Å². The monoisotopic (exact) mass is 722 g/mol. The van der Waals surface area contributed by atoms with Gasteiger partial charge in [0, 0.05) is 25.1 Å². The minimum atomic E-state index is -3.74. The largest absolute Gasteiger partial charge is 0.478 e. The molecule has 5 N–H and O–H groups in total. The average molecular weight is 723 g/mol. The lowest BCUT2D eigenvalue weighted by molar-refractivity contribution is -0.132. The minimum absolute atomic E-state index is 0.00632. The molecular weight excluding hydrogens is 673 g/mol. The van der Waals surface area contributed by atoms with Crippen LogP contribution < -0.4 is 20.3 Å². The molecule has 13 heteroatoms. The number of nitrogens with zero attached hydrogens (tertiary/aromatic N) is 1. The second-order valence-electron chi connectivity index (χ2n) is 13.6. The van der Waals surface area contributed by atoms with Crippen molar-refractivity contribution < 1.29 is 37.8 Å². The Bertz CT molecular complexity index is 1750. The fourth-order valence-corrected chi connectivity index (χ4v) is 6.73. The highest BCUT2D eigenvalue weighted by atomic mass is 32.2. The maximum absolute atomic E-state index is 13.4. The van der Waals surface area contributed by atoms with Crippen LogP contribution >= 0.6 is 0 Å². The molecule has 0 bridgehead atoms. The van der Waals surface area contributed by atoms with Crippen molar-refractivity contribution in [3.63, 3.8) is 0 Å². The van der Waals surface area contributed by atoms with Gasteiger partial charge >= 0.3 is 5.97 Å². The summed E-state index contributed by atoms with van der Waals surface area (Å²) < 4.78 is 27.4. The number of carboxylic acids is 1. The van der Waals surface area contributed by atoms with Gasteiger partial charge in [-0.05, 0) is 66.1 Å². The van der Waals surface area contributed by atoms with E-state index in [0.29, 0.717) is 23.2 Å². The second kappa shape index (κ2) is 18.5. The number of amides is 3. The van der Waals surface area contributed by atoms with Crippen molar-refractivity contribution in [2.45, 2.75) is 77.9 Å². The topological polar surface area (TPSA) is 182 Å². The third-order valence-electron chi connectivity index (χ3n) is 8.54. The molecule has 0 aliphatic heterocycles. The number of sulfonamides is 1. The van der Waals surface area contributed by atoms with Crippen LogP contribution in [0, 0.1) is 17.8 Å². The van der Waals surface area contributed by atoms with E-state index < -0.39 is 57.8 Å². The van der Waals surface area contributed by atoms with E-state index >= 15 is 0 Å². The van der Waals surface area contributed by atoms with Crippen molar-refractivity contribution in [2.75, 3.05) is 11.4 Å².